The Morgan fingerprint density at radius 3 is 2.38 bits per heavy atom. The van der Waals surface area contributed by atoms with Crippen molar-refractivity contribution in [2.75, 3.05) is 6.26 Å². The van der Waals surface area contributed by atoms with Crippen LogP contribution in [-0.2, 0) is 15.0 Å². The van der Waals surface area contributed by atoms with Crippen LogP contribution in [0.15, 0.2) is 90.1 Å². The second-order valence-electron chi connectivity index (χ2n) is 8.00. The third kappa shape index (κ3) is 5.89. The van der Waals surface area contributed by atoms with Crippen molar-refractivity contribution in [3.8, 4) is 5.75 Å². The Labute approximate surface area is 198 Å². The summed E-state index contributed by atoms with van der Waals surface area (Å²) in [4.78, 5) is 5.68. The van der Waals surface area contributed by atoms with E-state index in [2.05, 4.69) is 5.16 Å². The number of aliphatic hydroxyl groups excluding tert-OH is 1. The molecule has 0 bridgehead atoms. The van der Waals surface area contributed by atoms with Crippen molar-refractivity contribution in [3.63, 3.8) is 0 Å². The minimum absolute atomic E-state index is 0.174. The second-order valence-corrected chi connectivity index (χ2v) is 9.58. The van der Waals surface area contributed by atoms with Gasteiger partial charge in [0.15, 0.2) is 6.10 Å². The number of nitrogens with zero attached hydrogens (tertiary/aromatic N) is 1. The molecule has 4 rings (SSSR count). The number of aliphatic hydroxyl groups is 1. The van der Waals surface area contributed by atoms with Crippen molar-refractivity contribution >= 4 is 21.9 Å². The van der Waals surface area contributed by atoms with Gasteiger partial charge in [-0.3, -0.25) is 0 Å². The van der Waals surface area contributed by atoms with E-state index in [-0.39, 0.29) is 11.6 Å². The lowest BCUT2D eigenvalue weighted by molar-refractivity contribution is -0.0225. The molecule has 0 radical (unpaired) electrons. The average Bonchev–Trinajstić information content (AvgIpc) is 3.25. The molecule has 0 spiro atoms. The van der Waals surface area contributed by atoms with Crippen LogP contribution in [0.5, 0.6) is 5.75 Å². The highest BCUT2D eigenvalue weighted by Gasteiger charge is 2.40. The first kappa shape index (κ1) is 23.7. The van der Waals surface area contributed by atoms with E-state index in [1.807, 2.05) is 42.5 Å². The van der Waals surface area contributed by atoms with Crippen molar-refractivity contribution in [3.05, 3.63) is 107 Å². The number of hydrogen-bond acceptors (Lipinski definition) is 6. The maximum Gasteiger partial charge on any atom is 0.306 e. The maximum atomic E-state index is 13.5. The van der Waals surface area contributed by atoms with Crippen molar-refractivity contribution in [2.45, 2.75) is 24.5 Å². The van der Waals surface area contributed by atoms with Crippen LogP contribution in [0.2, 0.25) is 0 Å². The van der Waals surface area contributed by atoms with Crippen LogP contribution >= 0.6 is 0 Å². The third-order valence-electron chi connectivity index (χ3n) is 5.39. The van der Waals surface area contributed by atoms with E-state index in [1.165, 1.54) is 24.3 Å². The first-order valence-electron chi connectivity index (χ1n) is 10.7. The topological polar surface area (TPSA) is 85.2 Å². The zero-order chi connectivity index (χ0) is 24.1. The van der Waals surface area contributed by atoms with Gasteiger partial charge in [0.25, 0.3) is 0 Å². The van der Waals surface area contributed by atoms with Gasteiger partial charge >= 0.3 is 10.1 Å². The van der Waals surface area contributed by atoms with Crippen LogP contribution in [0.1, 0.15) is 29.0 Å². The van der Waals surface area contributed by atoms with E-state index >= 15 is 0 Å². The van der Waals surface area contributed by atoms with Crippen LogP contribution in [0.4, 0.5) is 4.39 Å². The summed E-state index contributed by atoms with van der Waals surface area (Å²) in [6, 6.07) is 22.1. The SMILES string of the molecule is CS(=O)(=O)Oc1ccc([C@H]2C(c3ccc(F)cc3)=NO[C@@H]2[C@@H](O)C/C=C/c2ccccc2)cc1. The second kappa shape index (κ2) is 10.2. The first-order valence-corrected chi connectivity index (χ1v) is 12.5. The minimum atomic E-state index is -3.66. The lowest BCUT2D eigenvalue weighted by Gasteiger charge is -2.23. The summed E-state index contributed by atoms with van der Waals surface area (Å²) in [6.07, 6.45) is 3.53. The third-order valence-corrected chi connectivity index (χ3v) is 5.88. The van der Waals surface area contributed by atoms with Gasteiger partial charge in [-0.15, -0.1) is 0 Å². The minimum Gasteiger partial charge on any atom is -0.389 e. The molecule has 0 fully saturated rings. The molecule has 3 aromatic carbocycles. The molecule has 0 aromatic heterocycles. The Morgan fingerprint density at radius 1 is 1.06 bits per heavy atom. The Bertz CT molecular complexity index is 1270. The van der Waals surface area contributed by atoms with Crippen LogP contribution in [0, 0.1) is 5.82 Å². The van der Waals surface area contributed by atoms with Gasteiger partial charge in [0, 0.05) is 5.56 Å². The fraction of sp³-hybridized carbons (Fsp3) is 0.192. The fourth-order valence-electron chi connectivity index (χ4n) is 3.83. The first-order chi connectivity index (χ1) is 16.3. The van der Waals surface area contributed by atoms with Crippen molar-refractivity contribution in [2.24, 2.45) is 5.16 Å². The molecule has 0 amide bonds. The van der Waals surface area contributed by atoms with Crippen LogP contribution in [0.25, 0.3) is 6.08 Å². The predicted molar refractivity (Wildman–Crippen MR) is 129 cm³/mol. The molecule has 0 saturated heterocycles. The van der Waals surface area contributed by atoms with Gasteiger partial charge in [-0.05, 0) is 41.8 Å². The number of benzene rings is 3. The summed E-state index contributed by atoms with van der Waals surface area (Å²) in [6.45, 7) is 0. The highest BCUT2D eigenvalue weighted by Crippen LogP contribution is 2.36. The standard InChI is InChI=1S/C26H24FNO5S/c1-34(30,31)33-22-16-12-19(13-17-22)24-25(20-10-14-21(27)15-11-20)28-32-26(24)23(29)9-5-8-18-6-3-2-4-7-18/h2-8,10-17,23-24,26,29H,9H2,1H3/b8-5+/t23-,24-,26+/m0/s1. The van der Waals surface area contributed by atoms with E-state index in [4.69, 9.17) is 9.02 Å². The van der Waals surface area contributed by atoms with Crippen molar-refractivity contribution < 1.29 is 26.9 Å². The molecule has 1 N–H and O–H groups in total. The molecule has 0 unspecified atom stereocenters. The zero-order valence-electron chi connectivity index (χ0n) is 18.4. The van der Waals surface area contributed by atoms with Gasteiger partial charge in [0.05, 0.1) is 24.0 Å². The molecule has 3 aromatic rings. The predicted octanol–water partition coefficient (Wildman–Crippen LogP) is 4.52. The van der Waals surface area contributed by atoms with Gasteiger partial charge in [0.1, 0.15) is 11.6 Å². The summed E-state index contributed by atoms with van der Waals surface area (Å²) < 4.78 is 41.2. The highest BCUT2D eigenvalue weighted by molar-refractivity contribution is 7.86. The van der Waals surface area contributed by atoms with Gasteiger partial charge in [-0.25, -0.2) is 4.39 Å². The van der Waals surface area contributed by atoms with Gasteiger partial charge in [0.2, 0.25) is 0 Å². The Balaban J connectivity index is 1.59. The Morgan fingerprint density at radius 2 is 1.74 bits per heavy atom. The molecular formula is C26H24FNO5S. The number of oxime groups is 1. The number of rotatable bonds is 8. The Kier molecular flexibility index (Phi) is 7.09. The Hall–Kier alpha value is -3.49. The molecule has 0 saturated carbocycles. The maximum absolute atomic E-state index is 13.5. The van der Waals surface area contributed by atoms with Gasteiger partial charge in [-0.1, -0.05) is 71.9 Å². The smallest absolute Gasteiger partial charge is 0.306 e. The number of hydrogen-bond donors (Lipinski definition) is 1. The fourth-order valence-corrected chi connectivity index (χ4v) is 4.29. The summed E-state index contributed by atoms with van der Waals surface area (Å²) in [5.74, 6) is -0.657. The zero-order valence-corrected chi connectivity index (χ0v) is 19.2. The van der Waals surface area contributed by atoms with Crippen LogP contribution in [-0.4, -0.2) is 37.7 Å². The molecule has 6 nitrogen and oxygen atoms in total. The summed E-state index contributed by atoms with van der Waals surface area (Å²) in [7, 11) is -3.66. The van der Waals surface area contributed by atoms with E-state index < -0.39 is 28.2 Å². The number of halogens is 1. The molecule has 1 heterocycles. The molecular weight excluding hydrogens is 457 g/mol. The quantitative estimate of drug-likeness (QED) is 0.479. The summed E-state index contributed by atoms with van der Waals surface area (Å²) in [5.41, 5.74) is 2.98. The monoisotopic (exact) mass is 481 g/mol. The summed E-state index contributed by atoms with van der Waals surface area (Å²) in [5, 5.41) is 15.2. The van der Waals surface area contributed by atoms with E-state index in [1.54, 1.807) is 24.3 Å². The van der Waals surface area contributed by atoms with E-state index in [9.17, 15) is 17.9 Å². The van der Waals surface area contributed by atoms with E-state index in [0.29, 0.717) is 17.7 Å². The molecule has 0 aliphatic carbocycles. The van der Waals surface area contributed by atoms with Gasteiger partial charge in [-0.2, -0.15) is 8.42 Å². The normalized spacial score (nSPS) is 19.0. The largest absolute Gasteiger partial charge is 0.389 e. The van der Waals surface area contributed by atoms with Crippen LogP contribution < -0.4 is 4.18 Å². The van der Waals surface area contributed by atoms with Crippen LogP contribution in [0.3, 0.4) is 0 Å². The molecule has 3 atom stereocenters. The lowest BCUT2D eigenvalue weighted by Crippen LogP contribution is -2.33. The van der Waals surface area contributed by atoms with Gasteiger partial charge < -0.3 is 14.1 Å². The molecule has 34 heavy (non-hydrogen) atoms. The molecule has 1 aliphatic heterocycles. The van der Waals surface area contributed by atoms with Crippen molar-refractivity contribution in [1.29, 1.82) is 0 Å². The highest BCUT2D eigenvalue weighted by atomic mass is 32.2. The average molecular weight is 482 g/mol. The van der Waals surface area contributed by atoms with Crippen molar-refractivity contribution in [1.82, 2.24) is 0 Å². The van der Waals surface area contributed by atoms with E-state index in [0.717, 1.165) is 17.4 Å². The lowest BCUT2D eigenvalue weighted by atomic mass is 9.83. The molecule has 8 heteroatoms. The molecule has 1 aliphatic rings. The molecule has 176 valence electrons. The summed E-state index contributed by atoms with van der Waals surface area (Å²) >= 11 is 0.